The molecule has 1 aromatic rings. The Morgan fingerprint density at radius 2 is 1.88 bits per heavy atom. The molecule has 1 N–H and O–H groups in total. The molecule has 0 fully saturated rings. The van der Waals surface area contributed by atoms with E-state index in [2.05, 4.69) is 56.0 Å². The van der Waals surface area contributed by atoms with Gasteiger partial charge in [0.05, 0.1) is 31.7 Å². The lowest BCUT2D eigenvalue weighted by molar-refractivity contribution is -0.858. The molecule has 17 heavy (non-hydrogen) atoms. The first-order valence-electron chi connectivity index (χ1n) is 6.19. The molecule has 0 aliphatic carbocycles. The van der Waals surface area contributed by atoms with Crippen LogP contribution in [-0.4, -0.2) is 27.2 Å². The van der Waals surface area contributed by atoms with E-state index >= 15 is 0 Å². The molecule has 96 valence electrons. The molecule has 0 saturated carbocycles. The lowest BCUT2D eigenvalue weighted by Gasteiger charge is -2.12. The summed E-state index contributed by atoms with van der Waals surface area (Å²) >= 11 is 3.56. The predicted octanol–water partition coefficient (Wildman–Crippen LogP) is 2.37. The molecular formula is C14H23BrNO+. The molecule has 0 bridgehead atoms. The number of benzene rings is 1. The van der Waals surface area contributed by atoms with Gasteiger partial charge in [-0.1, -0.05) is 6.07 Å². The summed E-state index contributed by atoms with van der Waals surface area (Å²) in [6, 6.07) is 4.26. The zero-order valence-corrected chi connectivity index (χ0v) is 12.9. The number of halogens is 1. The largest absolute Gasteiger partial charge is 0.492 e. The van der Waals surface area contributed by atoms with Crippen molar-refractivity contribution in [2.24, 2.45) is 0 Å². The smallest absolute Gasteiger partial charge is 0.136 e. The Balaban J connectivity index is 2.42. The van der Waals surface area contributed by atoms with E-state index in [1.54, 1.807) is 0 Å². The van der Waals surface area contributed by atoms with Gasteiger partial charge in [-0.3, -0.25) is 0 Å². The molecular weight excluding hydrogens is 278 g/mol. The summed E-state index contributed by atoms with van der Waals surface area (Å²) in [5.74, 6) is 0.993. The number of unbranched alkanes of at least 4 members (excludes halogenated alkanes) is 1. The van der Waals surface area contributed by atoms with Gasteiger partial charge in [0.15, 0.2) is 0 Å². The van der Waals surface area contributed by atoms with E-state index in [1.807, 2.05) is 0 Å². The Morgan fingerprint density at radius 1 is 1.18 bits per heavy atom. The fourth-order valence-corrected chi connectivity index (χ4v) is 2.63. The van der Waals surface area contributed by atoms with Gasteiger partial charge in [0.2, 0.25) is 0 Å². The molecule has 0 aliphatic rings. The first kappa shape index (κ1) is 14.5. The average Bonchev–Trinajstić information content (AvgIpc) is 2.20. The first-order valence-corrected chi connectivity index (χ1v) is 6.98. The number of nitrogens with one attached hydrogen (secondary N) is 1. The van der Waals surface area contributed by atoms with Gasteiger partial charge >= 0.3 is 0 Å². The molecule has 0 aromatic heterocycles. The molecule has 0 spiro atoms. The van der Waals surface area contributed by atoms with Crippen molar-refractivity contribution in [2.45, 2.75) is 26.7 Å². The Labute approximate surface area is 113 Å². The lowest BCUT2D eigenvalue weighted by atomic mass is 10.1. The van der Waals surface area contributed by atoms with Crippen molar-refractivity contribution in [2.75, 3.05) is 27.2 Å². The van der Waals surface area contributed by atoms with Crippen molar-refractivity contribution in [3.63, 3.8) is 0 Å². The maximum atomic E-state index is 5.85. The summed E-state index contributed by atoms with van der Waals surface area (Å²) < 4.78 is 6.91. The van der Waals surface area contributed by atoms with E-state index < -0.39 is 0 Å². The molecule has 0 amide bonds. The molecule has 0 heterocycles. The second kappa shape index (κ2) is 7.02. The second-order valence-electron chi connectivity index (χ2n) is 4.91. The van der Waals surface area contributed by atoms with Crippen LogP contribution in [0.1, 0.15) is 24.0 Å². The minimum Gasteiger partial charge on any atom is -0.492 e. The average molecular weight is 301 g/mol. The third-order valence-electron chi connectivity index (χ3n) is 2.69. The quantitative estimate of drug-likeness (QED) is 0.797. The first-order chi connectivity index (χ1) is 8.00. The molecule has 1 aromatic carbocycles. The Kier molecular flexibility index (Phi) is 6.00. The monoisotopic (exact) mass is 300 g/mol. The SMILES string of the molecule is Cc1cc(C)c(OCCCC[NH+](C)C)c(Br)c1. The van der Waals surface area contributed by atoms with Crippen molar-refractivity contribution in [1.82, 2.24) is 0 Å². The number of rotatable bonds is 6. The zero-order chi connectivity index (χ0) is 12.8. The van der Waals surface area contributed by atoms with Crippen LogP contribution in [0.15, 0.2) is 16.6 Å². The van der Waals surface area contributed by atoms with Gasteiger partial charge in [-0.15, -0.1) is 0 Å². The standard InChI is InChI=1S/C14H22BrNO/c1-11-9-12(2)14(13(15)10-11)17-8-6-5-7-16(3)4/h9-10H,5-8H2,1-4H3/p+1. The lowest BCUT2D eigenvalue weighted by Crippen LogP contribution is -3.05. The Morgan fingerprint density at radius 3 is 2.47 bits per heavy atom. The fourth-order valence-electron chi connectivity index (χ4n) is 1.84. The van der Waals surface area contributed by atoms with Gasteiger partial charge in [0, 0.05) is 0 Å². The van der Waals surface area contributed by atoms with Crippen molar-refractivity contribution in [1.29, 1.82) is 0 Å². The van der Waals surface area contributed by atoms with Gasteiger partial charge in [0.1, 0.15) is 5.75 Å². The van der Waals surface area contributed by atoms with E-state index in [-0.39, 0.29) is 0 Å². The van der Waals surface area contributed by atoms with Crippen LogP contribution in [0.3, 0.4) is 0 Å². The van der Waals surface area contributed by atoms with Crippen LogP contribution in [0.2, 0.25) is 0 Å². The van der Waals surface area contributed by atoms with Gasteiger partial charge in [-0.25, -0.2) is 0 Å². The van der Waals surface area contributed by atoms with Crippen LogP contribution in [-0.2, 0) is 0 Å². The van der Waals surface area contributed by atoms with Crippen LogP contribution < -0.4 is 9.64 Å². The molecule has 0 radical (unpaired) electrons. The molecule has 2 nitrogen and oxygen atoms in total. The highest BCUT2D eigenvalue weighted by Crippen LogP contribution is 2.30. The normalized spacial score (nSPS) is 10.9. The van der Waals surface area contributed by atoms with Gasteiger partial charge in [0.25, 0.3) is 0 Å². The van der Waals surface area contributed by atoms with E-state index in [4.69, 9.17) is 4.74 Å². The predicted molar refractivity (Wildman–Crippen MR) is 76.0 cm³/mol. The van der Waals surface area contributed by atoms with Crippen LogP contribution in [0.25, 0.3) is 0 Å². The summed E-state index contributed by atoms with van der Waals surface area (Å²) in [7, 11) is 4.36. The minimum absolute atomic E-state index is 0.801. The van der Waals surface area contributed by atoms with Gasteiger partial charge < -0.3 is 9.64 Å². The summed E-state index contributed by atoms with van der Waals surface area (Å²) in [5, 5.41) is 0. The van der Waals surface area contributed by atoms with Crippen LogP contribution >= 0.6 is 15.9 Å². The summed E-state index contributed by atoms with van der Waals surface area (Å²) in [6.07, 6.45) is 2.33. The van der Waals surface area contributed by atoms with Crippen LogP contribution in [0.5, 0.6) is 5.75 Å². The fraction of sp³-hybridized carbons (Fsp3) is 0.571. The van der Waals surface area contributed by atoms with Crippen molar-refractivity contribution >= 4 is 15.9 Å². The number of hydrogen-bond acceptors (Lipinski definition) is 1. The molecule has 0 aliphatic heterocycles. The molecule has 3 heteroatoms. The number of ether oxygens (including phenoxy) is 1. The minimum atomic E-state index is 0.801. The topological polar surface area (TPSA) is 13.7 Å². The maximum absolute atomic E-state index is 5.85. The summed E-state index contributed by atoms with van der Waals surface area (Å²) in [4.78, 5) is 1.50. The van der Waals surface area contributed by atoms with Crippen LogP contribution in [0.4, 0.5) is 0 Å². The van der Waals surface area contributed by atoms with Crippen molar-refractivity contribution in [3.8, 4) is 5.75 Å². The van der Waals surface area contributed by atoms with E-state index in [1.165, 1.54) is 29.0 Å². The highest BCUT2D eigenvalue weighted by molar-refractivity contribution is 9.10. The third-order valence-corrected chi connectivity index (χ3v) is 3.28. The van der Waals surface area contributed by atoms with Gasteiger partial charge in [-0.2, -0.15) is 0 Å². The Hall–Kier alpha value is -0.540. The van der Waals surface area contributed by atoms with Crippen LogP contribution in [0, 0.1) is 13.8 Å². The number of quaternary nitrogens is 1. The van der Waals surface area contributed by atoms with E-state index in [9.17, 15) is 0 Å². The highest BCUT2D eigenvalue weighted by Gasteiger charge is 2.06. The molecule has 0 unspecified atom stereocenters. The Bertz CT molecular complexity index is 340. The van der Waals surface area contributed by atoms with Crippen molar-refractivity contribution < 1.29 is 9.64 Å². The van der Waals surface area contributed by atoms with E-state index in [0.29, 0.717) is 0 Å². The molecule has 1 rings (SSSR count). The third kappa shape index (κ3) is 5.09. The maximum Gasteiger partial charge on any atom is 0.136 e. The zero-order valence-electron chi connectivity index (χ0n) is 11.3. The molecule has 0 atom stereocenters. The summed E-state index contributed by atoms with van der Waals surface area (Å²) in [6.45, 7) is 6.20. The van der Waals surface area contributed by atoms with E-state index in [0.717, 1.165) is 23.2 Å². The van der Waals surface area contributed by atoms with Gasteiger partial charge in [-0.05, 0) is 59.8 Å². The van der Waals surface area contributed by atoms with Crippen molar-refractivity contribution in [3.05, 3.63) is 27.7 Å². The number of aryl methyl sites for hydroxylation is 2. The number of hydrogen-bond donors (Lipinski definition) is 1. The second-order valence-corrected chi connectivity index (χ2v) is 5.76. The summed E-state index contributed by atoms with van der Waals surface area (Å²) in [5.41, 5.74) is 2.47. The molecule has 0 saturated heterocycles. The highest BCUT2D eigenvalue weighted by atomic mass is 79.9.